The number of amides is 1. The van der Waals surface area contributed by atoms with E-state index < -0.39 is 11.5 Å². The van der Waals surface area contributed by atoms with Gasteiger partial charge in [0.25, 0.3) is 0 Å². The maximum Gasteiger partial charge on any atom is 0.355 e. The molecular formula is C30H28ClFN6O4. The van der Waals surface area contributed by atoms with E-state index in [0.29, 0.717) is 36.4 Å². The number of hydrogen-bond acceptors (Lipinski definition) is 8. The van der Waals surface area contributed by atoms with Crippen molar-refractivity contribution in [2.24, 2.45) is 0 Å². The van der Waals surface area contributed by atoms with Gasteiger partial charge in [-0.3, -0.25) is 4.79 Å². The molecule has 216 valence electrons. The highest BCUT2D eigenvalue weighted by Crippen LogP contribution is 2.47. The third-order valence-corrected chi connectivity index (χ3v) is 8.09. The van der Waals surface area contributed by atoms with Gasteiger partial charge >= 0.3 is 5.69 Å². The van der Waals surface area contributed by atoms with Crippen LogP contribution in [0.5, 0.6) is 11.5 Å². The zero-order valence-corrected chi connectivity index (χ0v) is 23.7. The number of nitrogens with two attached hydrogens (primary N) is 1. The number of nitrogen functional groups attached to an aromatic ring is 1. The Bertz CT molecular complexity index is 1820. The van der Waals surface area contributed by atoms with Crippen LogP contribution in [0.4, 0.5) is 15.9 Å². The number of rotatable bonds is 4. The highest BCUT2D eigenvalue weighted by Gasteiger charge is 2.37. The lowest BCUT2D eigenvalue weighted by molar-refractivity contribution is -0.126. The Labute approximate surface area is 245 Å². The standard InChI is InChI=1S/C30H28ClFN6O4/c1-4-21(40)36-11-12-37-16(13-36)14-42-27-23-28(37)35-30(41)38(26-17(15(2)3)7-5-9-19(26)33)29(23)34-25(24(27)31)22-18(32)8-6-10-20(22)39/h4-10,15-16,39H,1,11-14,33H2,2-3H3/t16-/m1/s1. The van der Waals surface area contributed by atoms with Crippen molar-refractivity contribution in [2.45, 2.75) is 25.8 Å². The average Bonchev–Trinajstić information content (AvgIpc) is 3.12. The predicted molar refractivity (Wildman–Crippen MR) is 159 cm³/mol. The summed E-state index contributed by atoms with van der Waals surface area (Å²) in [5, 5.41) is 11.0. The van der Waals surface area contributed by atoms with E-state index in [1.165, 1.54) is 28.8 Å². The number of ether oxygens (including phenoxy) is 1. The third-order valence-electron chi connectivity index (χ3n) is 7.74. The van der Waals surface area contributed by atoms with Gasteiger partial charge in [0.15, 0.2) is 11.4 Å². The summed E-state index contributed by atoms with van der Waals surface area (Å²) in [5.41, 5.74) is 7.03. The Balaban J connectivity index is 1.71. The molecule has 1 atom stereocenters. The van der Waals surface area contributed by atoms with Gasteiger partial charge in [0.05, 0.1) is 23.0 Å². The number of phenols is 1. The smallest absolute Gasteiger partial charge is 0.355 e. The topological polar surface area (TPSA) is 127 Å². The van der Waals surface area contributed by atoms with Gasteiger partial charge in [-0.15, -0.1) is 0 Å². The highest BCUT2D eigenvalue weighted by molar-refractivity contribution is 6.36. The van der Waals surface area contributed by atoms with Gasteiger partial charge in [0.1, 0.15) is 40.1 Å². The molecule has 0 aliphatic carbocycles. The van der Waals surface area contributed by atoms with Crippen LogP contribution in [0.3, 0.4) is 0 Å². The molecular weight excluding hydrogens is 563 g/mol. The SMILES string of the molecule is C=CC(=O)N1CCN2c3nc(=O)n(-c4c(N)cccc4C(C)C)c4nc(-c5c(O)cccc5F)c(Cl)c(c34)OC[C@H]2C1. The number of nitrogens with zero attached hydrogens (tertiary/aromatic N) is 5. The first-order chi connectivity index (χ1) is 20.1. The van der Waals surface area contributed by atoms with Crippen LogP contribution in [0, 0.1) is 5.82 Å². The largest absolute Gasteiger partial charge is 0.507 e. The van der Waals surface area contributed by atoms with Crippen LogP contribution in [0.2, 0.25) is 5.02 Å². The number of aromatic nitrogens is 3. The van der Waals surface area contributed by atoms with Crippen LogP contribution in [0.25, 0.3) is 28.0 Å². The van der Waals surface area contributed by atoms with Crippen molar-refractivity contribution in [3.8, 4) is 28.4 Å². The van der Waals surface area contributed by atoms with Crippen LogP contribution in [-0.4, -0.2) is 62.7 Å². The molecule has 2 aromatic carbocycles. The van der Waals surface area contributed by atoms with Crippen LogP contribution >= 0.6 is 11.6 Å². The number of halogens is 2. The van der Waals surface area contributed by atoms with E-state index in [0.717, 1.165) is 5.56 Å². The summed E-state index contributed by atoms with van der Waals surface area (Å²) in [4.78, 5) is 39.2. The lowest BCUT2D eigenvalue weighted by atomic mass is 9.99. The predicted octanol–water partition coefficient (Wildman–Crippen LogP) is 4.25. The van der Waals surface area contributed by atoms with Crippen molar-refractivity contribution in [3.05, 3.63) is 75.9 Å². The zero-order chi connectivity index (χ0) is 29.9. The molecule has 1 saturated heterocycles. The lowest BCUT2D eigenvalue weighted by Gasteiger charge is -2.40. The Hall–Kier alpha value is -4.64. The summed E-state index contributed by atoms with van der Waals surface area (Å²) in [6.07, 6.45) is 1.25. The van der Waals surface area contributed by atoms with Crippen molar-refractivity contribution in [1.29, 1.82) is 0 Å². The molecule has 2 aliphatic heterocycles. The van der Waals surface area contributed by atoms with Crippen LogP contribution in [-0.2, 0) is 4.79 Å². The van der Waals surface area contributed by atoms with Crippen molar-refractivity contribution in [3.63, 3.8) is 0 Å². The number of para-hydroxylation sites is 1. The number of piperazine rings is 1. The third kappa shape index (κ3) is 4.23. The molecule has 3 N–H and O–H groups in total. The van der Waals surface area contributed by atoms with Crippen molar-refractivity contribution >= 4 is 40.0 Å². The molecule has 4 aromatic rings. The van der Waals surface area contributed by atoms with Gasteiger partial charge in [-0.05, 0) is 35.8 Å². The molecule has 10 nitrogen and oxygen atoms in total. The summed E-state index contributed by atoms with van der Waals surface area (Å²) < 4.78 is 22.8. The number of pyridine rings is 1. The summed E-state index contributed by atoms with van der Waals surface area (Å²) in [6.45, 7) is 8.62. The van der Waals surface area contributed by atoms with Crippen LogP contribution in [0.15, 0.2) is 53.8 Å². The molecule has 0 bridgehead atoms. The van der Waals surface area contributed by atoms with Gasteiger partial charge in [-0.2, -0.15) is 4.98 Å². The molecule has 6 rings (SSSR count). The molecule has 0 saturated carbocycles. The van der Waals surface area contributed by atoms with E-state index in [2.05, 4.69) is 11.6 Å². The minimum atomic E-state index is -0.758. The van der Waals surface area contributed by atoms with Gasteiger partial charge in [-0.25, -0.2) is 18.7 Å². The lowest BCUT2D eigenvalue weighted by Crippen LogP contribution is -2.56. The fourth-order valence-electron chi connectivity index (χ4n) is 5.73. The second-order valence-electron chi connectivity index (χ2n) is 10.6. The van der Waals surface area contributed by atoms with Gasteiger partial charge < -0.3 is 25.4 Å². The van der Waals surface area contributed by atoms with Crippen molar-refractivity contribution in [1.82, 2.24) is 19.4 Å². The summed E-state index contributed by atoms with van der Waals surface area (Å²) in [5.74, 6) is -0.973. The van der Waals surface area contributed by atoms with Gasteiger partial charge in [-0.1, -0.05) is 50.2 Å². The molecule has 2 aliphatic rings. The number of fused-ring (bicyclic) bond motifs is 2. The summed E-state index contributed by atoms with van der Waals surface area (Å²) >= 11 is 6.89. The van der Waals surface area contributed by atoms with E-state index >= 15 is 4.39 Å². The second kappa shape index (κ2) is 10.3. The number of carbonyl (C=O) groups excluding carboxylic acids is 1. The fraction of sp³-hybridized carbons (Fsp3) is 0.267. The molecule has 4 heterocycles. The van der Waals surface area contributed by atoms with E-state index in [4.69, 9.17) is 27.1 Å². The first kappa shape index (κ1) is 27.5. The minimum absolute atomic E-state index is 0.0289. The number of hydrogen-bond donors (Lipinski definition) is 2. The minimum Gasteiger partial charge on any atom is -0.507 e. The monoisotopic (exact) mass is 590 g/mol. The van der Waals surface area contributed by atoms with Crippen LogP contribution < -0.4 is 21.1 Å². The fourth-order valence-corrected chi connectivity index (χ4v) is 6.01. The maximum atomic E-state index is 15.2. The Kier molecular flexibility index (Phi) is 6.77. The summed E-state index contributed by atoms with van der Waals surface area (Å²) in [6, 6.07) is 8.82. The van der Waals surface area contributed by atoms with Gasteiger partial charge in [0.2, 0.25) is 5.91 Å². The average molecular weight is 591 g/mol. The molecule has 0 unspecified atom stereocenters. The van der Waals surface area contributed by atoms with E-state index in [9.17, 15) is 14.7 Å². The number of aromatic hydroxyl groups is 1. The van der Waals surface area contributed by atoms with E-state index in [1.807, 2.05) is 24.8 Å². The Morgan fingerprint density at radius 3 is 2.71 bits per heavy atom. The molecule has 0 spiro atoms. The van der Waals surface area contributed by atoms with Crippen molar-refractivity contribution in [2.75, 3.05) is 36.9 Å². The highest BCUT2D eigenvalue weighted by atomic mass is 35.5. The molecule has 12 heteroatoms. The van der Waals surface area contributed by atoms with Crippen LogP contribution in [0.1, 0.15) is 25.3 Å². The number of anilines is 2. The number of benzene rings is 2. The second-order valence-corrected chi connectivity index (χ2v) is 11.0. The first-order valence-electron chi connectivity index (χ1n) is 13.5. The molecule has 1 amide bonds. The van der Waals surface area contributed by atoms with E-state index in [1.54, 1.807) is 17.0 Å². The molecule has 0 radical (unpaired) electrons. The van der Waals surface area contributed by atoms with Gasteiger partial charge in [0, 0.05) is 19.6 Å². The Morgan fingerprint density at radius 1 is 1.24 bits per heavy atom. The summed E-state index contributed by atoms with van der Waals surface area (Å²) in [7, 11) is 0. The maximum absolute atomic E-state index is 15.2. The zero-order valence-electron chi connectivity index (χ0n) is 23.0. The molecule has 2 aromatic heterocycles. The normalized spacial score (nSPS) is 16.3. The number of carbonyl (C=O) groups is 1. The Morgan fingerprint density at radius 2 is 2.00 bits per heavy atom. The first-order valence-corrected chi connectivity index (χ1v) is 13.8. The van der Waals surface area contributed by atoms with E-state index in [-0.39, 0.29) is 63.7 Å². The van der Waals surface area contributed by atoms with Crippen molar-refractivity contribution < 1.29 is 19.0 Å². The molecule has 42 heavy (non-hydrogen) atoms. The quantitative estimate of drug-likeness (QED) is 0.267. The molecule has 1 fully saturated rings. The number of phenolic OH excluding ortho intramolecular Hbond substituents is 1.